The van der Waals surface area contributed by atoms with Crippen LogP contribution in [0.2, 0.25) is 5.02 Å². The van der Waals surface area contributed by atoms with Gasteiger partial charge in [0.1, 0.15) is 22.7 Å². The molecule has 1 aliphatic rings. The highest BCUT2D eigenvalue weighted by Gasteiger charge is 2.41. The van der Waals surface area contributed by atoms with Crippen molar-refractivity contribution in [2.24, 2.45) is 0 Å². The standard InChI is InChI=1S/C33H40ClN3O5/c1-5-41-24-12-10-22(2)26(21-24)25-13-15-28(31(38)36-33(32(39)40)16-7-6-8-17-33)35-30(25)23-11-14-27(34)29(20-23)42-19-9-18-37(3)4/h10-15,20-21H,5-9,16-19H2,1-4H3,(H,36,38)(H,39,40). The van der Waals surface area contributed by atoms with E-state index >= 15 is 0 Å². The van der Waals surface area contributed by atoms with Gasteiger partial charge in [-0.25, -0.2) is 9.78 Å². The van der Waals surface area contributed by atoms with Crippen LogP contribution in [0, 0.1) is 6.92 Å². The van der Waals surface area contributed by atoms with Crippen LogP contribution in [0.4, 0.5) is 0 Å². The first kappa shape index (κ1) is 31.3. The van der Waals surface area contributed by atoms with Gasteiger partial charge in [-0.2, -0.15) is 0 Å². The first-order valence-corrected chi connectivity index (χ1v) is 14.9. The van der Waals surface area contributed by atoms with E-state index in [0.29, 0.717) is 42.5 Å². The molecule has 8 nitrogen and oxygen atoms in total. The number of rotatable bonds is 12. The van der Waals surface area contributed by atoms with Crippen molar-refractivity contribution in [3.63, 3.8) is 0 Å². The molecule has 9 heteroatoms. The third kappa shape index (κ3) is 7.41. The molecule has 0 bridgehead atoms. The molecule has 1 amide bonds. The molecular weight excluding hydrogens is 554 g/mol. The van der Waals surface area contributed by atoms with Gasteiger partial charge in [-0.3, -0.25) is 4.79 Å². The zero-order valence-electron chi connectivity index (χ0n) is 24.8. The van der Waals surface area contributed by atoms with Crippen LogP contribution in [-0.2, 0) is 4.79 Å². The minimum atomic E-state index is -1.29. The summed E-state index contributed by atoms with van der Waals surface area (Å²) in [6, 6.07) is 14.8. The van der Waals surface area contributed by atoms with Crippen molar-refractivity contribution in [3.05, 3.63) is 64.8 Å². The number of carboxylic acids is 1. The largest absolute Gasteiger partial charge is 0.494 e. The highest BCUT2D eigenvalue weighted by Crippen LogP contribution is 2.38. The van der Waals surface area contributed by atoms with Crippen molar-refractivity contribution in [2.75, 3.05) is 33.9 Å². The van der Waals surface area contributed by atoms with E-state index in [4.69, 9.17) is 26.1 Å². The quantitative estimate of drug-likeness (QED) is 0.227. The first-order chi connectivity index (χ1) is 20.1. The SMILES string of the molecule is CCOc1ccc(C)c(-c2ccc(C(=O)NC3(C(=O)O)CCCCC3)nc2-c2ccc(Cl)c(OCCCN(C)C)c2)c1. The van der Waals surface area contributed by atoms with Gasteiger partial charge in [0.25, 0.3) is 5.91 Å². The number of ether oxygens (including phenoxy) is 2. The Hall–Kier alpha value is -3.62. The number of pyridine rings is 1. The van der Waals surface area contributed by atoms with Crippen LogP contribution in [0.15, 0.2) is 48.5 Å². The average Bonchev–Trinajstić information content (AvgIpc) is 2.97. The summed E-state index contributed by atoms with van der Waals surface area (Å²) in [4.78, 5) is 32.7. The van der Waals surface area contributed by atoms with Gasteiger partial charge >= 0.3 is 5.97 Å². The Bertz CT molecular complexity index is 1420. The van der Waals surface area contributed by atoms with E-state index in [1.807, 2.05) is 64.3 Å². The molecule has 0 aliphatic heterocycles. The summed E-state index contributed by atoms with van der Waals surface area (Å²) in [6.07, 6.45) is 4.09. The number of aryl methyl sites for hydroxylation is 1. The number of amides is 1. The molecule has 4 rings (SSSR count). The Labute approximate surface area is 253 Å². The molecule has 1 aromatic heterocycles. The van der Waals surface area contributed by atoms with Gasteiger partial charge in [0.15, 0.2) is 0 Å². The predicted octanol–water partition coefficient (Wildman–Crippen LogP) is 6.62. The Morgan fingerprint density at radius 1 is 1.02 bits per heavy atom. The van der Waals surface area contributed by atoms with Gasteiger partial charge < -0.3 is 24.8 Å². The fraction of sp³-hybridized carbons (Fsp3) is 0.424. The van der Waals surface area contributed by atoms with E-state index in [2.05, 4.69) is 10.2 Å². The van der Waals surface area contributed by atoms with Crippen LogP contribution in [0.5, 0.6) is 11.5 Å². The van der Waals surface area contributed by atoms with Crippen LogP contribution in [0.1, 0.15) is 61.5 Å². The number of carbonyl (C=O) groups is 2. The van der Waals surface area contributed by atoms with Gasteiger partial charge in [-0.15, -0.1) is 0 Å². The molecule has 1 heterocycles. The molecule has 0 radical (unpaired) electrons. The number of hydrogen-bond acceptors (Lipinski definition) is 6. The topological polar surface area (TPSA) is 101 Å². The maximum absolute atomic E-state index is 13.5. The summed E-state index contributed by atoms with van der Waals surface area (Å²) >= 11 is 6.51. The van der Waals surface area contributed by atoms with Crippen LogP contribution in [0.25, 0.3) is 22.4 Å². The molecule has 0 saturated heterocycles. The Balaban J connectivity index is 1.77. The van der Waals surface area contributed by atoms with Gasteiger partial charge in [0, 0.05) is 17.7 Å². The Morgan fingerprint density at radius 2 is 1.79 bits per heavy atom. The van der Waals surface area contributed by atoms with Crippen LogP contribution in [-0.4, -0.2) is 66.3 Å². The fourth-order valence-corrected chi connectivity index (χ4v) is 5.50. The van der Waals surface area contributed by atoms with Crippen molar-refractivity contribution in [1.82, 2.24) is 15.2 Å². The lowest BCUT2D eigenvalue weighted by Crippen LogP contribution is -2.55. The third-order valence-corrected chi connectivity index (χ3v) is 7.93. The summed E-state index contributed by atoms with van der Waals surface area (Å²) in [7, 11) is 4.03. The number of aromatic nitrogens is 1. The summed E-state index contributed by atoms with van der Waals surface area (Å²) in [6.45, 7) is 5.86. The van der Waals surface area contributed by atoms with Crippen LogP contribution < -0.4 is 14.8 Å². The molecule has 1 saturated carbocycles. The summed E-state index contributed by atoms with van der Waals surface area (Å²) < 4.78 is 11.8. The maximum Gasteiger partial charge on any atom is 0.329 e. The smallest absolute Gasteiger partial charge is 0.329 e. The number of carbonyl (C=O) groups excluding carboxylic acids is 1. The highest BCUT2D eigenvalue weighted by atomic mass is 35.5. The minimum Gasteiger partial charge on any atom is -0.494 e. The second kappa shape index (κ2) is 14.0. The van der Waals surface area contributed by atoms with E-state index in [0.717, 1.165) is 60.2 Å². The number of halogens is 1. The van der Waals surface area contributed by atoms with Crippen molar-refractivity contribution < 1.29 is 24.2 Å². The number of nitrogens with one attached hydrogen (secondary N) is 1. The summed E-state index contributed by atoms with van der Waals surface area (Å²) in [5, 5.41) is 13.3. The first-order valence-electron chi connectivity index (χ1n) is 14.5. The second-order valence-electron chi connectivity index (χ2n) is 11.1. The molecule has 0 spiro atoms. The molecule has 224 valence electrons. The molecule has 2 N–H and O–H groups in total. The van der Waals surface area contributed by atoms with E-state index in [9.17, 15) is 14.7 Å². The average molecular weight is 594 g/mol. The van der Waals surface area contributed by atoms with Gasteiger partial charge in [0.05, 0.1) is 23.9 Å². The van der Waals surface area contributed by atoms with Crippen LogP contribution >= 0.6 is 11.6 Å². The fourth-order valence-electron chi connectivity index (χ4n) is 5.32. The molecule has 3 aromatic rings. The predicted molar refractivity (Wildman–Crippen MR) is 166 cm³/mol. The number of carboxylic acid groups (broad SMARTS) is 1. The van der Waals surface area contributed by atoms with Crippen molar-refractivity contribution in [1.29, 1.82) is 0 Å². The zero-order valence-corrected chi connectivity index (χ0v) is 25.6. The zero-order chi connectivity index (χ0) is 30.3. The molecular formula is C33H40ClN3O5. The lowest BCUT2D eigenvalue weighted by Gasteiger charge is -2.33. The Morgan fingerprint density at radius 3 is 2.48 bits per heavy atom. The number of hydrogen-bond donors (Lipinski definition) is 2. The van der Waals surface area contributed by atoms with Gasteiger partial charge in [-0.1, -0.05) is 43.0 Å². The van der Waals surface area contributed by atoms with E-state index in [1.165, 1.54) is 0 Å². The lowest BCUT2D eigenvalue weighted by molar-refractivity contribution is -0.145. The van der Waals surface area contributed by atoms with E-state index in [-0.39, 0.29) is 5.69 Å². The van der Waals surface area contributed by atoms with Gasteiger partial charge in [0.2, 0.25) is 0 Å². The van der Waals surface area contributed by atoms with Crippen molar-refractivity contribution >= 4 is 23.5 Å². The molecule has 1 aliphatic carbocycles. The highest BCUT2D eigenvalue weighted by molar-refractivity contribution is 6.32. The number of benzene rings is 2. The number of aliphatic carboxylic acids is 1. The molecule has 1 fully saturated rings. The molecule has 2 aromatic carbocycles. The second-order valence-corrected chi connectivity index (χ2v) is 11.5. The van der Waals surface area contributed by atoms with E-state index < -0.39 is 17.4 Å². The van der Waals surface area contributed by atoms with E-state index in [1.54, 1.807) is 12.1 Å². The molecule has 0 atom stereocenters. The summed E-state index contributed by atoms with van der Waals surface area (Å²) in [5.74, 6) is -0.263. The summed E-state index contributed by atoms with van der Waals surface area (Å²) in [5.41, 5.74) is 2.86. The normalized spacial score (nSPS) is 14.4. The van der Waals surface area contributed by atoms with Crippen molar-refractivity contribution in [3.8, 4) is 33.9 Å². The minimum absolute atomic E-state index is 0.141. The van der Waals surface area contributed by atoms with Gasteiger partial charge in [-0.05, 0) is 94.7 Å². The third-order valence-electron chi connectivity index (χ3n) is 7.62. The Kier molecular flexibility index (Phi) is 10.5. The molecule has 42 heavy (non-hydrogen) atoms. The molecule has 0 unspecified atom stereocenters. The maximum atomic E-state index is 13.5. The monoisotopic (exact) mass is 593 g/mol. The number of nitrogens with zero attached hydrogens (tertiary/aromatic N) is 2. The van der Waals surface area contributed by atoms with Crippen LogP contribution in [0.3, 0.4) is 0 Å². The lowest BCUT2D eigenvalue weighted by atomic mass is 9.81. The van der Waals surface area contributed by atoms with Crippen molar-refractivity contribution in [2.45, 2.75) is 57.9 Å².